The number of nitriles is 1. The lowest BCUT2D eigenvalue weighted by Gasteiger charge is -2.34. The Labute approximate surface area is 90.6 Å². The fraction of sp³-hybridized carbons (Fsp3) is 0.818. The van der Waals surface area contributed by atoms with Crippen molar-refractivity contribution in [1.82, 2.24) is 5.32 Å². The van der Waals surface area contributed by atoms with Crippen molar-refractivity contribution in [3.63, 3.8) is 0 Å². The summed E-state index contributed by atoms with van der Waals surface area (Å²) < 4.78 is 5.12. The van der Waals surface area contributed by atoms with Crippen LogP contribution in [0.25, 0.3) is 0 Å². The van der Waals surface area contributed by atoms with Crippen molar-refractivity contribution in [3.05, 3.63) is 0 Å². The van der Waals surface area contributed by atoms with Crippen LogP contribution in [-0.4, -0.2) is 25.2 Å². The van der Waals surface area contributed by atoms with Crippen molar-refractivity contribution in [3.8, 4) is 6.07 Å². The summed E-state index contributed by atoms with van der Waals surface area (Å²) in [6.07, 6.45) is 3.51. The number of amides is 1. The molecule has 0 heterocycles. The van der Waals surface area contributed by atoms with E-state index in [1.165, 1.54) is 0 Å². The topological polar surface area (TPSA) is 62.1 Å². The molecule has 0 aromatic heterocycles. The molecular weight excluding hydrogens is 192 g/mol. The summed E-state index contributed by atoms with van der Waals surface area (Å²) in [5, 5.41) is 11.7. The predicted octanol–water partition coefficient (Wildman–Crippen LogP) is 1.22. The van der Waals surface area contributed by atoms with Crippen molar-refractivity contribution in [2.24, 2.45) is 5.92 Å². The Balaban J connectivity index is 2.27. The minimum absolute atomic E-state index is 0.126. The Bertz CT molecular complexity index is 254. The molecule has 1 saturated carbocycles. The molecule has 1 fully saturated rings. The van der Waals surface area contributed by atoms with E-state index in [0.717, 1.165) is 19.3 Å². The molecule has 0 aromatic carbocycles. The summed E-state index contributed by atoms with van der Waals surface area (Å²) in [6, 6.07) is 2.24. The van der Waals surface area contributed by atoms with Crippen LogP contribution in [0.2, 0.25) is 0 Å². The normalized spacial score (nSPS) is 26.2. The third kappa shape index (κ3) is 3.21. The number of carbonyl (C=O) groups is 1. The maximum atomic E-state index is 11.6. The predicted molar refractivity (Wildman–Crippen MR) is 56.0 cm³/mol. The number of ether oxygens (including phenoxy) is 1. The van der Waals surface area contributed by atoms with Crippen molar-refractivity contribution in [1.29, 1.82) is 5.26 Å². The van der Waals surface area contributed by atoms with Crippen molar-refractivity contribution >= 4 is 5.91 Å². The molecule has 1 aliphatic carbocycles. The standard InChI is InChI=1S/C11H18N2O2/c1-3-4-8(7-12)11(14)13-9-5-10(6-9)15-2/h8-10H,3-6H2,1-2H3,(H,13,14). The van der Waals surface area contributed by atoms with E-state index in [1.54, 1.807) is 7.11 Å². The lowest BCUT2D eigenvalue weighted by Crippen LogP contribution is -2.49. The number of rotatable bonds is 5. The highest BCUT2D eigenvalue weighted by Gasteiger charge is 2.31. The summed E-state index contributed by atoms with van der Waals surface area (Å²) >= 11 is 0. The van der Waals surface area contributed by atoms with Crippen LogP contribution in [0.1, 0.15) is 32.6 Å². The molecule has 4 heteroatoms. The van der Waals surface area contributed by atoms with Crippen LogP contribution < -0.4 is 5.32 Å². The van der Waals surface area contributed by atoms with Gasteiger partial charge in [-0.15, -0.1) is 0 Å². The van der Waals surface area contributed by atoms with E-state index >= 15 is 0 Å². The van der Waals surface area contributed by atoms with Crippen LogP contribution in [-0.2, 0) is 9.53 Å². The molecule has 0 spiro atoms. The summed E-state index contributed by atoms with van der Waals surface area (Å²) in [5.74, 6) is -0.615. The molecule has 1 atom stereocenters. The number of nitrogens with one attached hydrogen (secondary N) is 1. The van der Waals surface area contributed by atoms with Gasteiger partial charge in [0.1, 0.15) is 5.92 Å². The second-order valence-electron chi connectivity index (χ2n) is 4.00. The molecule has 0 aromatic rings. The van der Waals surface area contributed by atoms with E-state index in [1.807, 2.05) is 13.0 Å². The number of hydrogen-bond acceptors (Lipinski definition) is 3. The molecule has 1 N–H and O–H groups in total. The summed E-state index contributed by atoms with van der Waals surface area (Å²) in [7, 11) is 1.68. The molecule has 1 rings (SSSR count). The highest BCUT2D eigenvalue weighted by atomic mass is 16.5. The van der Waals surface area contributed by atoms with Gasteiger partial charge in [-0.2, -0.15) is 5.26 Å². The van der Waals surface area contributed by atoms with E-state index in [9.17, 15) is 4.79 Å². The van der Waals surface area contributed by atoms with Crippen molar-refractivity contribution in [2.75, 3.05) is 7.11 Å². The molecular formula is C11H18N2O2. The van der Waals surface area contributed by atoms with Crippen LogP contribution in [0, 0.1) is 17.2 Å². The fourth-order valence-electron chi connectivity index (χ4n) is 1.72. The molecule has 1 unspecified atom stereocenters. The van der Waals surface area contributed by atoms with E-state index in [4.69, 9.17) is 10.00 Å². The van der Waals surface area contributed by atoms with Gasteiger partial charge in [-0.25, -0.2) is 0 Å². The van der Waals surface area contributed by atoms with E-state index in [2.05, 4.69) is 5.32 Å². The van der Waals surface area contributed by atoms with Crippen LogP contribution in [0.15, 0.2) is 0 Å². The third-order valence-corrected chi connectivity index (χ3v) is 2.82. The maximum Gasteiger partial charge on any atom is 0.237 e. The SMILES string of the molecule is CCCC(C#N)C(=O)NC1CC(OC)C1. The van der Waals surface area contributed by atoms with Gasteiger partial charge >= 0.3 is 0 Å². The molecule has 0 saturated heterocycles. The first-order chi connectivity index (χ1) is 7.21. The fourth-order valence-corrected chi connectivity index (χ4v) is 1.72. The van der Waals surface area contributed by atoms with Gasteiger partial charge in [0.05, 0.1) is 12.2 Å². The van der Waals surface area contributed by atoms with Gasteiger partial charge in [0.2, 0.25) is 5.91 Å². The Kier molecular flexibility index (Phi) is 4.57. The van der Waals surface area contributed by atoms with Gasteiger partial charge in [-0.3, -0.25) is 4.79 Å². The molecule has 1 amide bonds. The van der Waals surface area contributed by atoms with Gasteiger partial charge in [-0.1, -0.05) is 13.3 Å². The molecule has 1 aliphatic rings. The molecule has 15 heavy (non-hydrogen) atoms. The van der Waals surface area contributed by atoms with E-state index in [-0.39, 0.29) is 18.1 Å². The Morgan fingerprint density at radius 1 is 1.67 bits per heavy atom. The maximum absolute atomic E-state index is 11.6. The lowest BCUT2D eigenvalue weighted by molar-refractivity contribution is -0.125. The van der Waals surface area contributed by atoms with E-state index in [0.29, 0.717) is 6.42 Å². The van der Waals surface area contributed by atoms with Crippen LogP contribution in [0.3, 0.4) is 0 Å². The van der Waals surface area contributed by atoms with Crippen LogP contribution in [0.5, 0.6) is 0 Å². The monoisotopic (exact) mass is 210 g/mol. The van der Waals surface area contributed by atoms with E-state index < -0.39 is 5.92 Å². The van der Waals surface area contributed by atoms with Crippen LogP contribution in [0.4, 0.5) is 0 Å². The Morgan fingerprint density at radius 3 is 2.80 bits per heavy atom. The summed E-state index contributed by atoms with van der Waals surface area (Å²) in [5.41, 5.74) is 0. The highest BCUT2D eigenvalue weighted by Crippen LogP contribution is 2.23. The third-order valence-electron chi connectivity index (χ3n) is 2.82. The lowest BCUT2D eigenvalue weighted by atomic mass is 9.88. The number of hydrogen-bond donors (Lipinski definition) is 1. The zero-order valence-corrected chi connectivity index (χ0v) is 9.32. The number of nitrogens with zero attached hydrogens (tertiary/aromatic N) is 1. The quantitative estimate of drug-likeness (QED) is 0.742. The Morgan fingerprint density at radius 2 is 2.33 bits per heavy atom. The van der Waals surface area contributed by atoms with Gasteiger partial charge in [-0.05, 0) is 19.3 Å². The average Bonchev–Trinajstić information content (AvgIpc) is 2.18. The first kappa shape index (κ1) is 12.0. The molecule has 0 radical (unpaired) electrons. The minimum atomic E-state index is -0.489. The van der Waals surface area contributed by atoms with Gasteiger partial charge < -0.3 is 10.1 Å². The average molecular weight is 210 g/mol. The largest absolute Gasteiger partial charge is 0.381 e. The Hall–Kier alpha value is -1.08. The minimum Gasteiger partial charge on any atom is -0.381 e. The summed E-state index contributed by atoms with van der Waals surface area (Å²) in [6.45, 7) is 1.97. The first-order valence-corrected chi connectivity index (χ1v) is 5.44. The van der Waals surface area contributed by atoms with Crippen LogP contribution >= 0.6 is 0 Å². The zero-order valence-electron chi connectivity index (χ0n) is 9.32. The smallest absolute Gasteiger partial charge is 0.237 e. The second kappa shape index (κ2) is 5.72. The number of methoxy groups -OCH3 is 1. The summed E-state index contributed by atoms with van der Waals surface area (Å²) in [4.78, 5) is 11.6. The molecule has 84 valence electrons. The highest BCUT2D eigenvalue weighted by molar-refractivity contribution is 5.81. The van der Waals surface area contributed by atoms with Crippen molar-refractivity contribution < 1.29 is 9.53 Å². The molecule has 4 nitrogen and oxygen atoms in total. The zero-order chi connectivity index (χ0) is 11.3. The molecule has 0 bridgehead atoms. The van der Waals surface area contributed by atoms with Crippen molar-refractivity contribution in [2.45, 2.75) is 44.8 Å². The first-order valence-electron chi connectivity index (χ1n) is 5.44. The van der Waals surface area contributed by atoms with Gasteiger partial charge in [0.15, 0.2) is 0 Å². The second-order valence-corrected chi connectivity index (χ2v) is 4.00. The molecule has 0 aliphatic heterocycles. The van der Waals surface area contributed by atoms with Gasteiger partial charge in [0.25, 0.3) is 0 Å². The van der Waals surface area contributed by atoms with Gasteiger partial charge in [0, 0.05) is 13.2 Å². The number of carbonyl (C=O) groups excluding carboxylic acids is 1.